The summed E-state index contributed by atoms with van der Waals surface area (Å²) in [7, 11) is 0. The molecule has 0 spiro atoms. The van der Waals surface area contributed by atoms with Gasteiger partial charge in [0.15, 0.2) is 0 Å². The van der Waals surface area contributed by atoms with Gasteiger partial charge in [-0.2, -0.15) is 13.2 Å². The summed E-state index contributed by atoms with van der Waals surface area (Å²) in [4.78, 5) is 3.73. The molecule has 0 aliphatic heterocycles. The Balaban J connectivity index is 2.08. The van der Waals surface area contributed by atoms with Crippen molar-refractivity contribution < 1.29 is 17.6 Å². The third-order valence-electron chi connectivity index (χ3n) is 3.12. The first-order valence-corrected chi connectivity index (χ1v) is 6.39. The first-order chi connectivity index (χ1) is 10.5. The van der Waals surface area contributed by atoms with E-state index < -0.39 is 11.7 Å². The van der Waals surface area contributed by atoms with E-state index in [1.54, 1.807) is 12.1 Å². The highest BCUT2D eigenvalue weighted by molar-refractivity contribution is 5.60. The van der Waals surface area contributed by atoms with Crippen LogP contribution in [0.1, 0.15) is 11.1 Å². The Bertz CT molecular complexity index is 812. The van der Waals surface area contributed by atoms with E-state index in [9.17, 15) is 13.2 Å². The molecule has 0 radical (unpaired) electrons. The van der Waals surface area contributed by atoms with Crippen LogP contribution in [0.25, 0.3) is 23.0 Å². The van der Waals surface area contributed by atoms with Crippen LogP contribution in [0.5, 0.6) is 0 Å². The van der Waals surface area contributed by atoms with Gasteiger partial charge in [0.1, 0.15) is 5.69 Å². The van der Waals surface area contributed by atoms with Gasteiger partial charge in [0, 0.05) is 11.8 Å². The molecular weight excluding hydrogens is 295 g/mol. The van der Waals surface area contributed by atoms with E-state index >= 15 is 0 Å². The minimum Gasteiger partial charge on any atom is -0.415 e. The van der Waals surface area contributed by atoms with Gasteiger partial charge in [-0.25, -0.2) is 0 Å². The van der Waals surface area contributed by atoms with Gasteiger partial charge >= 0.3 is 6.18 Å². The monoisotopic (exact) mass is 305 g/mol. The molecule has 0 saturated carbocycles. The number of hydrogen-bond acceptors (Lipinski definition) is 4. The lowest BCUT2D eigenvalue weighted by molar-refractivity contribution is -0.137. The molecule has 4 nitrogen and oxygen atoms in total. The van der Waals surface area contributed by atoms with Crippen LogP contribution in [0, 0.1) is 6.92 Å². The Labute approximate surface area is 123 Å². The zero-order valence-corrected chi connectivity index (χ0v) is 11.4. The topological polar surface area (TPSA) is 51.8 Å². The zero-order chi connectivity index (χ0) is 15.7. The quantitative estimate of drug-likeness (QED) is 0.714. The molecule has 112 valence electrons. The molecule has 2 heterocycles. The van der Waals surface area contributed by atoms with Crippen molar-refractivity contribution >= 4 is 0 Å². The standard InChI is InChI=1S/C15H10F3N3O/c1-9-5-2-3-6-10(9)13-20-21-14(22-13)12-11(15(16,17)18)7-4-8-19-12/h2-8H,1H3. The molecule has 3 aromatic rings. The maximum atomic E-state index is 13.0. The van der Waals surface area contributed by atoms with E-state index in [2.05, 4.69) is 15.2 Å². The fourth-order valence-corrected chi connectivity index (χ4v) is 2.05. The van der Waals surface area contributed by atoms with Crippen LogP contribution in [0.2, 0.25) is 0 Å². The molecule has 0 N–H and O–H groups in total. The van der Waals surface area contributed by atoms with Crippen molar-refractivity contribution in [3.05, 3.63) is 53.7 Å². The van der Waals surface area contributed by atoms with E-state index in [-0.39, 0.29) is 17.5 Å². The van der Waals surface area contributed by atoms with Gasteiger partial charge in [-0.15, -0.1) is 10.2 Å². The number of alkyl halides is 3. The van der Waals surface area contributed by atoms with Gasteiger partial charge in [-0.1, -0.05) is 18.2 Å². The van der Waals surface area contributed by atoms with Gasteiger partial charge in [-0.3, -0.25) is 4.98 Å². The SMILES string of the molecule is Cc1ccccc1-c1nnc(-c2ncccc2C(F)(F)F)o1. The lowest BCUT2D eigenvalue weighted by Crippen LogP contribution is -2.08. The average molecular weight is 305 g/mol. The lowest BCUT2D eigenvalue weighted by Gasteiger charge is -2.08. The van der Waals surface area contributed by atoms with E-state index in [0.717, 1.165) is 11.6 Å². The summed E-state index contributed by atoms with van der Waals surface area (Å²) in [5, 5.41) is 7.52. The molecule has 0 unspecified atom stereocenters. The van der Waals surface area contributed by atoms with Gasteiger partial charge in [0.2, 0.25) is 5.89 Å². The van der Waals surface area contributed by atoms with Crippen LogP contribution >= 0.6 is 0 Å². The second-order valence-electron chi connectivity index (χ2n) is 4.62. The zero-order valence-electron chi connectivity index (χ0n) is 11.4. The number of pyridine rings is 1. The number of aromatic nitrogens is 3. The summed E-state index contributed by atoms with van der Waals surface area (Å²) in [5.41, 5.74) is 0.276. The number of aryl methyl sites for hydroxylation is 1. The summed E-state index contributed by atoms with van der Waals surface area (Å²) >= 11 is 0. The van der Waals surface area contributed by atoms with Gasteiger partial charge in [0.05, 0.1) is 5.56 Å². The van der Waals surface area contributed by atoms with Crippen molar-refractivity contribution in [2.75, 3.05) is 0 Å². The summed E-state index contributed by atoms with van der Waals surface area (Å²) in [6, 6.07) is 9.38. The highest BCUT2D eigenvalue weighted by atomic mass is 19.4. The molecule has 0 aliphatic rings. The third kappa shape index (κ3) is 2.57. The number of rotatable bonds is 2. The maximum Gasteiger partial charge on any atom is 0.418 e. The average Bonchev–Trinajstić information content (AvgIpc) is 2.96. The third-order valence-corrected chi connectivity index (χ3v) is 3.12. The first-order valence-electron chi connectivity index (χ1n) is 6.39. The number of halogens is 3. The maximum absolute atomic E-state index is 13.0. The molecule has 0 fully saturated rings. The van der Waals surface area contributed by atoms with Crippen LogP contribution in [-0.4, -0.2) is 15.2 Å². The van der Waals surface area contributed by atoms with Crippen molar-refractivity contribution in [2.45, 2.75) is 13.1 Å². The summed E-state index contributed by atoms with van der Waals surface area (Å²) in [6.07, 6.45) is -3.29. The second-order valence-corrected chi connectivity index (χ2v) is 4.62. The van der Waals surface area contributed by atoms with Gasteiger partial charge in [0.25, 0.3) is 5.89 Å². The normalized spacial score (nSPS) is 11.6. The van der Waals surface area contributed by atoms with Crippen molar-refractivity contribution in [3.63, 3.8) is 0 Å². The summed E-state index contributed by atoms with van der Waals surface area (Å²) < 4.78 is 44.4. The fourth-order valence-electron chi connectivity index (χ4n) is 2.05. The molecule has 3 rings (SSSR count). The van der Waals surface area contributed by atoms with Crippen LogP contribution in [-0.2, 0) is 6.18 Å². The largest absolute Gasteiger partial charge is 0.418 e. The fraction of sp³-hybridized carbons (Fsp3) is 0.133. The lowest BCUT2D eigenvalue weighted by atomic mass is 10.1. The molecule has 22 heavy (non-hydrogen) atoms. The molecule has 1 aromatic carbocycles. The number of benzene rings is 1. The molecule has 7 heteroatoms. The van der Waals surface area contributed by atoms with E-state index in [4.69, 9.17) is 4.42 Å². The molecular formula is C15H10F3N3O. The Morgan fingerprint density at radius 1 is 0.955 bits per heavy atom. The van der Waals surface area contributed by atoms with Crippen molar-refractivity contribution in [1.82, 2.24) is 15.2 Å². The summed E-state index contributed by atoms with van der Waals surface area (Å²) in [6.45, 7) is 1.85. The van der Waals surface area contributed by atoms with Crippen LogP contribution in [0.4, 0.5) is 13.2 Å². The molecule has 0 atom stereocenters. The Morgan fingerprint density at radius 3 is 2.41 bits per heavy atom. The smallest absolute Gasteiger partial charge is 0.415 e. The Kier molecular flexibility index (Phi) is 3.40. The molecule has 0 aliphatic carbocycles. The van der Waals surface area contributed by atoms with Crippen LogP contribution in [0.15, 0.2) is 47.0 Å². The molecule has 0 amide bonds. The summed E-state index contributed by atoms with van der Waals surface area (Å²) in [5.74, 6) is -0.0990. The Hall–Kier alpha value is -2.70. The molecule has 0 saturated heterocycles. The van der Waals surface area contributed by atoms with Gasteiger partial charge in [-0.05, 0) is 30.7 Å². The van der Waals surface area contributed by atoms with E-state index in [1.807, 2.05) is 19.1 Å². The van der Waals surface area contributed by atoms with Crippen molar-refractivity contribution in [3.8, 4) is 23.0 Å². The van der Waals surface area contributed by atoms with Crippen LogP contribution in [0.3, 0.4) is 0 Å². The minimum absolute atomic E-state index is 0.159. The highest BCUT2D eigenvalue weighted by Crippen LogP contribution is 2.36. The number of nitrogens with zero attached hydrogens (tertiary/aromatic N) is 3. The van der Waals surface area contributed by atoms with Crippen molar-refractivity contribution in [2.24, 2.45) is 0 Å². The predicted octanol–water partition coefficient (Wildman–Crippen LogP) is 4.13. The predicted molar refractivity (Wildman–Crippen MR) is 72.7 cm³/mol. The molecule has 2 aromatic heterocycles. The van der Waals surface area contributed by atoms with E-state index in [1.165, 1.54) is 12.3 Å². The minimum atomic E-state index is -4.54. The van der Waals surface area contributed by atoms with E-state index in [0.29, 0.717) is 5.56 Å². The highest BCUT2D eigenvalue weighted by Gasteiger charge is 2.35. The number of hydrogen-bond donors (Lipinski definition) is 0. The second kappa shape index (κ2) is 5.25. The van der Waals surface area contributed by atoms with Gasteiger partial charge < -0.3 is 4.42 Å². The van der Waals surface area contributed by atoms with Crippen LogP contribution < -0.4 is 0 Å². The van der Waals surface area contributed by atoms with Crippen molar-refractivity contribution in [1.29, 1.82) is 0 Å². The first kappa shape index (κ1) is 14.2. The molecule has 0 bridgehead atoms. The Morgan fingerprint density at radius 2 is 1.68 bits per heavy atom.